The summed E-state index contributed by atoms with van der Waals surface area (Å²) in [6.45, 7) is 7.46. The van der Waals surface area contributed by atoms with Gasteiger partial charge in [0.15, 0.2) is 11.5 Å². The molecule has 0 aromatic heterocycles. The molecule has 6 nitrogen and oxygen atoms in total. The fourth-order valence-corrected chi connectivity index (χ4v) is 2.99. The fourth-order valence-electron chi connectivity index (χ4n) is 2.99. The van der Waals surface area contributed by atoms with Crippen LogP contribution in [0.25, 0.3) is 10.8 Å². The minimum Gasteiger partial charge on any atom is -0.496 e. The third-order valence-electron chi connectivity index (χ3n) is 4.11. The molecular formula is C21H24O6. The summed E-state index contributed by atoms with van der Waals surface area (Å²) in [5.41, 5.74) is 1.01. The molecule has 0 unspecified atom stereocenters. The number of rotatable bonds is 9. The minimum absolute atomic E-state index is 0.107. The Hall–Kier alpha value is -3.15. The second-order valence-corrected chi connectivity index (χ2v) is 5.55. The topological polar surface area (TPSA) is 63.2 Å². The molecule has 27 heavy (non-hydrogen) atoms. The Kier molecular flexibility index (Phi) is 6.71. The lowest BCUT2D eigenvalue weighted by atomic mass is 9.95. The molecule has 2 rings (SSSR count). The highest BCUT2D eigenvalue weighted by atomic mass is 16.5. The van der Waals surface area contributed by atoms with Crippen molar-refractivity contribution in [1.29, 1.82) is 0 Å². The van der Waals surface area contributed by atoms with E-state index in [0.717, 1.165) is 0 Å². The molecule has 0 saturated heterocycles. The van der Waals surface area contributed by atoms with Crippen molar-refractivity contribution in [3.05, 3.63) is 48.6 Å². The Bertz CT molecular complexity index is 869. The van der Waals surface area contributed by atoms with Crippen LogP contribution in [0, 0.1) is 0 Å². The van der Waals surface area contributed by atoms with E-state index >= 15 is 0 Å². The van der Waals surface area contributed by atoms with Crippen LogP contribution in [0.15, 0.2) is 37.4 Å². The van der Waals surface area contributed by atoms with E-state index in [-0.39, 0.29) is 6.61 Å². The van der Waals surface area contributed by atoms with Crippen molar-refractivity contribution in [2.75, 3.05) is 35.0 Å². The quantitative estimate of drug-likeness (QED) is 0.491. The van der Waals surface area contributed by atoms with Crippen LogP contribution in [0.2, 0.25) is 0 Å². The standard InChI is InChI=1S/C21H24O6/c1-7-9-13-14(21(22)27-10-8-2)11-15-16(23-3)12-17(24-4)20(26-6)18(15)19(13)25-5/h7-8,11-12H,1-2,9-10H2,3-6H3. The van der Waals surface area contributed by atoms with Crippen molar-refractivity contribution in [3.63, 3.8) is 0 Å². The summed E-state index contributed by atoms with van der Waals surface area (Å²) in [7, 11) is 6.16. The van der Waals surface area contributed by atoms with E-state index in [1.54, 1.807) is 39.5 Å². The molecule has 0 bridgehead atoms. The molecule has 0 N–H and O–H groups in total. The molecule has 0 radical (unpaired) electrons. The van der Waals surface area contributed by atoms with Gasteiger partial charge >= 0.3 is 5.97 Å². The first kappa shape index (κ1) is 20.2. The predicted octanol–water partition coefficient (Wildman–Crippen LogP) is 3.95. The largest absolute Gasteiger partial charge is 0.496 e. The lowest BCUT2D eigenvalue weighted by molar-refractivity contribution is 0.0548. The van der Waals surface area contributed by atoms with E-state index in [9.17, 15) is 4.79 Å². The van der Waals surface area contributed by atoms with Gasteiger partial charge in [0, 0.05) is 17.0 Å². The van der Waals surface area contributed by atoms with Gasteiger partial charge in [-0.15, -0.1) is 6.58 Å². The highest BCUT2D eigenvalue weighted by Gasteiger charge is 2.25. The van der Waals surface area contributed by atoms with Gasteiger partial charge in [-0.2, -0.15) is 0 Å². The van der Waals surface area contributed by atoms with Crippen molar-refractivity contribution in [2.24, 2.45) is 0 Å². The number of fused-ring (bicyclic) bond motifs is 1. The lowest BCUT2D eigenvalue weighted by Crippen LogP contribution is -2.10. The number of carbonyl (C=O) groups excluding carboxylic acids is 1. The summed E-state index contributed by atoms with van der Waals surface area (Å²) in [5.74, 6) is 1.49. The first-order chi connectivity index (χ1) is 13.1. The summed E-state index contributed by atoms with van der Waals surface area (Å²) in [5, 5.41) is 1.29. The van der Waals surface area contributed by atoms with E-state index in [1.165, 1.54) is 13.2 Å². The Morgan fingerprint density at radius 2 is 1.59 bits per heavy atom. The maximum absolute atomic E-state index is 12.6. The molecule has 0 spiro atoms. The second-order valence-electron chi connectivity index (χ2n) is 5.55. The number of esters is 1. The summed E-state index contributed by atoms with van der Waals surface area (Å²) in [6, 6.07) is 3.41. The molecule has 0 aliphatic heterocycles. The number of ether oxygens (including phenoxy) is 5. The Morgan fingerprint density at radius 1 is 0.926 bits per heavy atom. The van der Waals surface area contributed by atoms with Gasteiger partial charge in [-0.1, -0.05) is 18.7 Å². The molecule has 2 aromatic rings. The van der Waals surface area contributed by atoms with Crippen LogP contribution in [0.5, 0.6) is 23.0 Å². The first-order valence-corrected chi connectivity index (χ1v) is 8.29. The van der Waals surface area contributed by atoms with Crippen LogP contribution in [0.3, 0.4) is 0 Å². The van der Waals surface area contributed by atoms with Gasteiger partial charge in [0.05, 0.1) is 39.4 Å². The molecule has 0 aliphatic carbocycles. The van der Waals surface area contributed by atoms with Gasteiger partial charge in [0.2, 0.25) is 0 Å². The van der Waals surface area contributed by atoms with Crippen molar-refractivity contribution in [1.82, 2.24) is 0 Å². The molecule has 6 heteroatoms. The third kappa shape index (κ3) is 3.69. The highest BCUT2D eigenvalue weighted by molar-refractivity contribution is 6.06. The number of methoxy groups -OCH3 is 4. The number of hydrogen-bond acceptors (Lipinski definition) is 6. The maximum atomic E-state index is 12.6. The smallest absolute Gasteiger partial charge is 0.338 e. The molecule has 2 aromatic carbocycles. The van der Waals surface area contributed by atoms with Gasteiger partial charge < -0.3 is 23.7 Å². The van der Waals surface area contributed by atoms with Crippen LogP contribution in [-0.2, 0) is 11.2 Å². The van der Waals surface area contributed by atoms with E-state index in [0.29, 0.717) is 51.3 Å². The SMILES string of the molecule is C=CCOC(=O)c1cc2c(OC)cc(OC)c(OC)c2c(OC)c1CC=C. The molecule has 0 aliphatic rings. The molecule has 144 valence electrons. The zero-order valence-corrected chi connectivity index (χ0v) is 16.1. The molecule has 0 amide bonds. The minimum atomic E-state index is -0.483. The number of benzene rings is 2. The summed E-state index contributed by atoms with van der Waals surface area (Å²) < 4.78 is 27.4. The van der Waals surface area contributed by atoms with E-state index in [2.05, 4.69) is 13.2 Å². The molecule has 0 saturated carbocycles. The monoisotopic (exact) mass is 372 g/mol. The fraction of sp³-hybridized carbons (Fsp3) is 0.286. The van der Waals surface area contributed by atoms with Crippen LogP contribution in [0.1, 0.15) is 15.9 Å². The summed E-state index contributed by atoms with van der Waals surface area (Å²) in [6.07, 6.45) is 3.61. The van der Waals surface area contributed by atoms with Crippen LogP contribution >= 0.6 is 0 Å². The van der Waals surface area contributed by atoms with Gasteiger partial charge in [0.1, 0.15) is 18.1 Å². The van der Waals surface area contributed by atoms with E-state index < -0.39 is 5.97 Å². The molecular weight excluding hydrogens is 348 g/mol. The van der Waals surface area contributed by atoms with Crippen molar-refractivity contribution >= 4 is 16.7 Å². The predicted molar refractivity (Wildman–Crippen MR) is 105 cm³/mol. The van der Waals surface area contributed by atoms with Crippen molar-refractivity contribution in [3.8, 4) is 23.0 Å². The van der Waals surface area contributed by atoms with Crippen LogP contribution in [-0.4, -0.2) is 41.0 Å². The van der Waals surface area contributed by atoms with Gasteiger partial charge in [0.25, 0.3) is 0 Å². The maximum Gasteiger partial charge on any atom is 0.338 e. The molecule has 0 heterocycles. The van der Waals surface area contributed by atoms with E-state index in [1.807, 2.05) is 0 Å². The Labute approximate surface area is 158 Å². The number of allylic oxidation sites excluding steroid dienone is 1. The van der Waals surface area contributed by atoms with Crippen LogP contribution in [0.4, 0.5) is 0 Å². The zero-order chi connectivity index (χ0) is 20.0. The normalized spacial score (nSPS) is 10.2. The second kappa shape index (κ2) is 8.98. The average Bonchev–Trinajstić information content (AvgIpc) is 2.70. The average molecular weight is 372 g/mol. The molecule has 0 atom stereocenters. The van der Waals surface area contributed by atoms with Gasteiger partial charge in [-0.25, -0.2) is 4.79 Å². The highest BCUT2D eigenvalue weighted by Crippen LogP contribution is 2.48. The summed E-state index contributed by atoms with van der Waals surface area (Å²) in [4.78, 5) is 12.6. The summed E-state index contributed by atoms with van der Waals surface area (Å²) >= 11 is 0. The third-order valence-corrected chi connectivity index (χ3v) is 4.11. The van der Waals surface area contributed by atoms with Gasteiger partial charge in [-0.05, 0) is 12.5 Å². The number of carbonyl (C=O) groups is 1. The van der Waals surface area contributed by atoms with Crippen molar-refractivity contribution < 1.29 is 28.5 Å². The Morgan fingerprint density at radius 3 is 2.11 bits per heavy atom. The van der Waals surface area contributed by atoms with Crippen LogP contribution < -0.4 is 18.9 Å². The zero-order valence-electron chi connectivity index (χ0n) is 16.1. The van der Waals surface area contributed by atoms with Crippen molar-refractivity contribution in [2.45, 2.75) is 6.42 Å². The number of hydrogen-bond donors (Lipinski definition) is 0. The Balaban J connectivity index is 2.97. The first-order valence-electron chi connectivity index (χ1n) is 8.29. The van der Waals surface area contributed by atoms with Gasteiger partial charge in [-0.3, -0.25) is 0 Å². The molecule has 0 fully saturated rings. The lowest BCUT2D eigenvalue weighted by Gasteiger charge is -2.20. The van der Waals surface area contributed by atoms with E-state index in [4.69, 9.17) is 23.7 Å².